The Morgan fingerprint density at radius 2 is 2.45 bits per heavy atom. The molecule has 0 spiro atoms. The van der Waals surface area contributed by atoms with Crippen LogP contribution in [0.4, 0.5) is 0 Å². The van der Waals surface area contributed by atoms with Crippen LogP contribution in [0.5, 0.6) is 0 Å². The molecule has 1 aromatic heterocycles. The summed E-state index contributed by atoms with van der Waals surface area (Å²) >= 11 is 5.44. The third-order valence-corrected chi connectivity index (χ3v) is 1.01. The van der Waals surface area contributed by atoms with Gasteiger partial charge in [0, 0.05) is 23.4 Å². The first-order valence-corrected chi connectivity index (χ1v) is 2.92. The number of carbonyl (C=O) groups is 1. The standard InChI is InChI=1S/C6H6ClN3O/c1-8-6(11)5-9-2-4(7)3-10-5/h2-3H,1H3,(H,8,11)/i1D3,2D,3D. The first kappa shape index (κ1) is 3.49. The highest BCUT2D eigenvalue weighted by atomic mass is 35.5. The minimum absolute atomic E-state index is 0.301. The van der Waals surface area contributed by atoms with Crippen LogP contribution in [0.3, 0.4) is 0 Å². The van der Waals surface area contributed by atoms with Crippen LogP contribution in [0.2, 0.25) is 5.02 Å². The quantitative estimate of drug-likeness (QED) is 0.678. The van der Waals surface area contributed by atoms with Gasteiger partial charge in [-0.3, -0.25) is 4.79 Å². The van der Waals surface area contributed by atoms with Crippen LogP contribution >= 0.6 is 11.6 Å². The molecule has 0 aromatic carbocycles. The van der Waals surface area contributed by atoms with Gasteiger partial charge in [-0.2, -0.15) is 0 Å². The fourth-order valence-corrected chi connectivity index (χ4v) is 0.496. The molecule has 1 heterocycles. The molecule has 0 atom stereocenters. The highest BCUT2D eigenvalue weighted by Gasteiger charge is 2.04. The number of carbonyl (C=O) groups excluding carboxylic acids is 1. The van der Waals surface area contributed by atoms with Crippen molar-refractivity contribution < 1.29 is 11.6 Å². The minimum Gasteiger partial charge on any atom is -0.352 e. The largest absolute Gasteiger partial charge is 0.352 e. The third-order valence-electron chi connectivity index (χ3n) is 0.837. The van der Waals surface area contributed by atoms with Gasteiger partial charge in [0.25, 0.3) is 5.91 Å². The van der Waals surface area contributed by atoms with Crippen molar-refractivity contribution in [3.8, 4) is 0 Å². The SMILES string of the molecule is [2H]c1nc(C(=O)NC([2H])([2H])[2H])nc([2H])c1Cl. The predicted molar refractivity (Wildman–Crippen MR) is 40.4 cm³/mol. The molecule has 0 saturated heterocycles. The molecule has 58 valence electrons. The monoisotopic (exact) mass is 176 g/mol. The molecule has 0 fully saturated rings. The molecule has 0 bridgehead atoms. The minimum atomic E-state index is -2.68. The lowest BCUT2D eigenvalue weighted by molar-refractivity contribution is 0.0953. The van der Waals surface area contributed by atoms with Gasteiger partial charge in [-0.25, -0.2) is 9.97 Å². The number of aromatic nitrogens is 2. The van der Waals surface area contributed by atoms with E-state index in [1.54, 1.807) is 5.32 Å². The van der Waals surface area contributed by atoms with E-state index in [1.165, 1.54) is 0 Å². The molecule has 4 nitrogen and oxygen atoms in total. The average Bonchev–Trinajstić information content (AvgIpc) is 2.10. The van der Waals surface area contributed by atoms with Crippen LogP contribution in [-0.4, -0.2) is 22.9 Å². The van der Waals surface area contributed by atoms with Gasteiger partial charge < -0.3 is 5.32 Å². The van der Waals surface area contributed by atoms with Gasteiger partial charge in [-0.1, -0.05) is 11.6 Å². The van der Waals surface area contributed by atoms with Crippen molar-refractivity contribution in [2.75, 3.05) is 6.98 Å². The second-order valence-electron chi connectivity index (χ2n) is 1.54. The molecule has 1 amide bonds. The molecule has 0 saturated carbocycles. The van der Waals surface area contributed by atoms with Crippen molar-refractivity contribution in [3.05, 3.63) is 23.2 Å². The number of halogens is 1. The zero-order valence-electron chi connectivity index (χ0n) is 10.2. The van der Waals surface area contributed by atoms with Gasteiger partial charge >= 0.3 is 0 Å². The summed E-state index contributed by atoms with van der Waals surface area (Å²) in [6.07, 6.45) is -1.00. The molecular formula is C6H6ClN3O. The highest BCUT2D eigenvalue weighted by Crippen LogP contribution is 2.02. The molecule has 1 rings (SSSR count). The summed E-state index contributed by atoms with van der Waals surface area (Å²) in [5, 5.41) is 1.34. The highest BCUT2D eigenvalue weighted by molar-refractivity contribution is 6.30. The fourth-order valence-electron chi connectivity index (χ4n) is 0.412. The van der Waals surface area contributed by atoms with E-state index in [1.807, 2.05) is 0 Å². The van der Waals surface area contributed by atoms with Gasteiger partial charge in [-0.15, -0.1) is 0 Å². The lowest BCUT2D eigenvalue weighted by Crippen LogP contribution is -2.20. The molecule has 0 radical (unpaired) electrons. The molecular weight excluding hydrogens is 166 g/mol. The fraction of sp³-hybridized carbons (Fsp3) is 0.167. The maximum Gasteiger partial charge on any atom is 0.288 e. The number of hydrogen-bond acceptors (Lipinski definition) is 3. The van der Waals surface area contributed by atoms with Crippen molar-refractivity contribution in [1.29, 1.82) is 0 Å². The average molecular weight is 177 g/mol. The first-order chi connectivity index (χ1) is 7.20. The van der Waals surface area contributed by atoms with Crippen molar-refractivity contribution >= 4 is 17.5 Å². The molecule has 1 N–H and O–H groups in total. The Labute approximate surface area is 75.6 Å². The van der Waals surface area contributed by atoms with Crippen LogP contribution in [0.15, 0.2) is 12.3 Å². The summed E-state index contributed by atoms with van der Waals surface area (Å²) in [6.45, 7) is -2.68. The Kier molecular flexibility index (Phi) is 1.05. The maximum absolute atomic E-state index is 11.3. The summed E-state index contributed by atoms with van der Waals surface area (Å²) in [5.74, 6) is -1.66. The van der Waals surface area contributed by atoms with Crippen molar-refractivity contribution in [3.63, 3.8) is 0 Å². The lowest BCUT2D eigenvalue weighted by atomic mass is 10.5. The van der Waals surface area contributed by atoms with Gasteiger partial charge in [0.2, 0.25) is 5.82 Å². The van der Waals surface area contributed by atoms with Crippen LogP contribution in [0.25, 0.3) is 0 Å². The van der Waals surface area contributed by atoms with Crippen molar-refractivity contribution in [2.45, 2.75) is 0 Å². The molecule has 1 aromatic rings. The number of nitrogens with zero attached hydrogens (tertiary/aromatic N) is 2. The Morgan fingerprint density at radius 1 is 1.82 bits per heavy atom. The van der Waals surface area contributed by atoms with Gasteiger partial charge in [0.1, 0.15) is 0 Å². The maximum atomic E-state index is 11.3. The van der Waals surface area contributed by atoms with Gasteiger partial charge in [0.15, 0.2) is 0 Å². The second-order valence-corrected chi connectivity index (χ2v) is 1.92. The normalized spacial score (nSPS) is 17.0. The van der Waals surface area contributed by atoms with E-state index >= 15 is 0 Å². The number of amides is 1. The molecule has 0 unspecified atom stereocenters. The van der Waals surface area contributed by atoms with E-state index in [-0.39, 0.29) is 5.02 Å². The number of nitrogens with one attached hydrogen (secondary N) is 1. The van der Waals surface area contributed by atoms with E-state index in [0.29, 0.717) is 0 Å². The Bertz CT molecular complexity index is 412. The topological polar surface area (TPSA) is 54.9 Å². The molecule has 0 aliphatic rings. The van der Waals surface area contributed by atoms with Crippen molar-refractivity contribution in [1.82, 2.24) is 15.3 Å². The van der Waals surface area contributed by atoms with Crippen LogP contribution < -0.4 is 5.32 Å². The predicted octanol–water partition coefficient (Wildman–Crippen LogP) is 0.490. The summed E-state index contributed by atoms with van der Waals surface area (Å²) < 4.78 is 34.8. The zero-order valence-corrected chi connectivity index (χ0v) is 5.94. The van der Waals surface area contributed by atoms with Crippen LogP contribution in [0.1, 0.15) is 17.5 Å². The zero-order chi connectivity index (χ0) is 12.5. The summed E-state index contributed by atoms with van der Waals surface area (Å²) in [5.41, 5.74) is 0. The Balaban J connectivity index is 3.02. The Hall–Kier alpha value is -1.16. The molecule has 5 heteroatoms. The third kappa shape index (κ3) is 1.88. The van der Waals surface area contributed by atoms with Gasteiger partial charge in [0.05, 0.1) is 7.76 Å². The van der Waals surface area contributed by atoms with E-state index in [9.17, 15) is 4.79 Å². The molecule has 0 aliphatic carbocycles. The number of hydrogen-bond donors (Lipinski definition) is 1. The molecule has 11 heavy (non-hydrogen) atoms. The number of rotatable bonds is 1. The van der Waals surface area contributed by atoms with E-state index < -0.39 is 31.1 Å². The summed E-state index contributed by atoms with van der Waals surface area (Å²) in [4.78, 5) is 18.0. The van der Waals surface area contributed by atoms with E-state index in [4.69, 9.17) is 18.5 Å². The lowest BCUT2D eigenvalue weighted by Gasteiger charge is -1.95. The second kappa shape index (κ2) is 3.30. The van der Waals surface area contributed by atoms with Gasteiger partial charge in [-0.05, 0) is 0 Å². The van der Waals surface area contributed by atoms with E-state index in [0.717, 1.165) is 0 Å². The van der Waals surface area contributed by atoms with Crippen LogP contribution in [-0.2, 0) is 0 Å². The van der Waals surface area contributed by atoms with Crippen LogP contribution in [0, 0.1) is 0 Å². The summed E-state index contributed by atoms with van der Waals surface area (Å²) in [6, 6.07) is 0. The van der Waals surface area contributed by atoms with E-state index in [2.05, 4.69) is 9.97 Å². The molecule has 0 aliphatic heterocycles. The Morgan fingerprint density at radius 3 is 3.00 bits per heavy atom. The first-order valence-electron chi connectivity index (χ1n) is 5.04. The summed E-state index contributed by atoms with van der Waals surface area (Å²) in [7, 11) is 0. The van der Waals surface area contributed by atoms with Crippen molar-refractivity contribution in [2.24, 2.45) is 0 Å². The smallest absolute Gasteiger partial charge is 0.288 e.